The summed E-state index contributed by atoms with van der Waals surface area (Å²) in [7, 11) is 0. The highest BCUT2D eigenvalue weighted by atomic mass is 35.5. The van der Waals surface area contributed by atoms with Gasteiger partial charge in [0.2, 0.25) is 0 Å². The second-order valence-electron chi connectivity index (χ2n) is 3.14. The minimum atomic E-state index is -2.55. The van der Waals surface area contributed by atoms with Gasteiger partial charge in [-0.15, -0.1) is 12.4 Å². The van der Waals surface area contributed by atoms with Gasteiger partial charge in [0.1, 0.15) is 5.65 Å². The van der Waals surface area contributed by atoms with Crippen LogP contribution >= 0.6 is 12.4 Å². The molecule has 0 spiro atoms. The van der Waals surface area contributed by atoms with E-state index in [1.807, 2.05) is 0 Å². The Kier molecular flexibility index (Phi) is 3.14. The van der Waals surface area contributed by atoms with Crippen molar-refractivity contribution in [3.05, 3.63) is 29.7 Å². The number of imidazole rings is 1. The molecule has 2 rings (SSSR count). The second kappa shape index (κ2) is 4.02. The van der Waals surface area contributed by atoms with Crippen LogP contribution in [0.1, 0.15) is 17.7 Å². The van der Waals surface area contributed by atoms with Gasteiger partial charge in [0.05, 0.1) is 11.3 Å². The van der Waals surface area contributed by atoms with E-state index in [0.717, 1.165) is 0 Å². The molecule has 0 aromatic carbocycles. The quantitative estimate of drug-likeness (QED) is 0.823. The third-order valence-corrected chi connectivity index (χ3v) is 1.96. The summed E-state index contributed by atoms with van der Waals surface area (Å²) in [5, 5.41) is 0. The number of nitrogens with zero attached hydrogens (tertiary/aromatic N) is 2. The monoisotopic (exact) mass is 233 g/mol. The van der Waals surface area contributed by atoms with Gasteiger partial charge in [0, 0.05) is 18.1 Å². The Hall–Kier alpha value is -1.36. The fraction of sp³-hybridized carbons (Fsp3) is 0.222. The molecular formula is C9H10ClF2N3. The van der Waals surface area contributed by atoms with Crippen LogP contribution in [0.5, 0.6) is 0 Å². The molecule has 0 saturated carbocycles. The molecule has 2 aromatic rings. The molecule has 6 heteroatoms. The molecule has 82 valence electrons. The van der Waals surface area contributed by atoms with E-state index in [2.05, 4.69) is 4.98 Å². The van der Waals surface area contributed by atoms with Gasteiger partial charge in [-0.2, -0.15) is 0 Å². The molecule has 2 N–H and O–H groups in total. The van der Waals surface area contributed by atoms with Gasteiger partial charge in [-0.3, -0.25) is 0 Å². The van der Waals surface area contributed by atoms with Crippen molar-refractivity contribution >= 4 is 23.7 Å². The second-order valence-corrected chi connectivity index (χ2v) is 3.14. The molecule has 2 heterocycles. The lowest BCUT2D eigenvalue weighted by Gasteiger charge is -2.03. The van der Waals surface area contributed by atoms with Crippen LogP contribution in [0.25, 0.3) is 5.65 Å². The Labute approximate surface area is 91.3 Å². The van der Waals surface area contributed by atoms with Crippen LogP contribution in [0.15, 0.2) is 18.5 Å². The third kappa shape index (κ3) is 2.02. The number of nitrogens with two attached hydrogens (primary N) is 1. The van der Waals surface area contributed by atoms with Crippen molar-refractivity contribution in [1.82, 2.24) is 9.38 Å². The minimum Gasteiger partial charge on any atom is -0.398 e. The number of hydrogen-bond donors (Lipinski definition) is 1. The third-order valence-electron chi connectivity index (χ3n) is 1.96. The summed E-state index contributed by atoms with van der Waals surface area (Å²) >= 11 is 0. The highest BCUT2D eigenvalue weighted by Crippen LogP contribution is 2.25. The van der Waals surface area contributed by atoms with Crippen LogP contribution in [0.2, 0.25) is 0 Å². The Balaban J connectivity index is 0.00000112. The van der Waals surface area contributed by atoms with Gasteiger partial charge in [-0.25, -0.2) is 13.8 Å². The molecule has 0 radical (unpaired) electrons. The first-order valence-electron chi connectivity index (χ1n) is 4.11. The van der Waals surface area contributed by atoms with Gasteiger partial charge in [-0.05, 0) is 13.0 Å². The van der Waals surface area contributed by atoms with Crippen molar-refractivity contribution < 1.29 is 8.78 Å². The first kappa shape index (κ1) is 11.7. The molecule has 0 fully saturated rings. The molecule has 3 nitrogen and oxygen atoms in total. The Morgan fingerprint density at radius 3 is 2.67 bits per heavy atom. The van der Waals surface area contributed by atoms with Gasteiger partial charge in [-0.1, -0.05) is 0 Å². The summed E-state index contributed by atoms with van der Waals surface area (Å²) in [4.78, 5) is 4.00. The SMILES string of the molecule is Cc1cn2cc(N)cc(C(F)F)c2n1.Cl. The van der Waals surface area contributed by atoms with E-state index in [1.165, 1.54) is 10.5 Å². The van der Waals surface area contributed by atoms with E-state index >= 15 is 0 Å². The van der Waals surface area contributed by atoms with Gasteiger partial charge >= 0.3 is 0 Å². The first-order valence-corrected chi connectivity index (χ1v) is 4.11. The summed E-state index contributed by atoms with van der Waals surface area (Å²) < 4.78 is 26.7. The topological polar surface area (TPSA) is 43.3 Å². The van der Waals surface area contributed by atoms with E-state index in [4.69, 9.17) is 5.73 Å². The number of anilines is 1. The van der Waals surface area contributed by atoms with Gasteiger partial charge in [0.15, 0.2) is 0 Å². The van der Waals surface area contributed by atoms with E-state index in [0.29, 0.717) is 11.4 Å². The van der Waals surface area contributed by atoms with Crippen LogP contribution in [0, 0.1) is 6.92 Å². The van der Waals surface area contributed by atoms with Crippen LogP contribution < -0.4 is 5.73 Å². The fourth-order valence-corrected chi connectivity index (χ4v) is 1.43. The Bertz CT molecular complexity index is 481. The molecule has 15 heavy (non-hydrogen) atoms. The van der Waals surface area contributed by atoms with Crippen molar-refractivity contribution in [2.45, 2.75) is 13.3 Å². The highest BCUT2D eigenvalue weighted by molar-refractivity contribution is 5.85. The van der Waals surface area contributed by atoms with Crippen molar-refractivity contribution in [3.8, 4) is 0 Å². The number of halogens is 3. The van der Waals surface area contributed by atoms with Crippen molar-refractivity contribution in [3.63, 3.8) is 0 Å². The zero-order valence-corrected chi connectivity index (χ0v) is 8.76. The zero-order chi connectivity index (χ0) is 10.3. The smallest absolute Gasteiger partial charge is 0.267 e. The molecule has 0 aliphatic heterocycles. The number of hydrogen-bond acceptors (Lipinski definition) is 2. The first-order chi connectivity index (χ1) is 6.58. The van der Waals surface area contributed by atoms with Crippen LogP contribution in [0.3, 0.4) is 0 Å². The predicted octanol–water partition coefficient (Wildman–Crippen LogP) is 2.58. The average molecular weight is 234 g/mol. The molecule has 0 atom stereocenters. The van der Waals surface area contributed by atoms with E-state index in [-0.39, 0.29) is 23.6 Å². The van der Waals surface area contributed by atoms with E-state index < -0.39 is 6.43 Å². The summed E-state index contributed by atoms with van der Waals surface area (Å²) in [5.41, 5.74) is 6.64. The minimum absolute atomic E-state index is 0. The largest absolute Gasteiger partial charge is 0.398 e. The number of nitrogen functional groups attached to an aromatic ring is 1. The summed E-state index contributed by atoms with van der Waals surface area (Å²) in [5.74, 6) is 0. The fourth-order valence-electron chi connectivity index (χ4n) is 1.43. The van der Waals surface area contributed by atoms with E-state index in [9.17, 15) is 8.78 Å². The number of rotatable bonds is 1. The summed E-state index contributed by atoms with van der Waals surface area (Å²) in [6.07, 6.45) is 0.682. The van der Waals surface area contributed by atoms with Gasteiger partial charge < -0.3 is 10.1 Å². The van der Waals surface area contributed by atoms with Crippen LogP contribution in [0.4, 0.5) is 14.5 Å². The van der Waals surface area contributed by atoms with Crippen molar-refractivity contribution in [1.29, 1.82) is 0 Å². The van der Waals surface area contributed by atoms with Crippen LogP contribution in [-0.2, 0) is 0 Å². The number of aromatic nitrogens is 2. The Morgan fingerprint density at radius 1 is 1.40 bits per heavy atom. The molecule has 0 aliphatic rings. The molecule has 0 amide bonds. The molecule has 0 unspecified atom stereocenters. The van der Waals surface area contributed by atoms with Crippen molar-refractivity contribution in [2.75, 3.05) is 5.73 Å². The van der Waals surface area contributed by atoms with Crippen molar-refractivity contribution in [2.24, 2.45) is 0 Å². The molecule has 0 bridgehead atoms. The maximum atomic E-state index is 12.6. The number of aryl methyl sites for hydroxylation is 1. The lowest BCUT2D eigenvalue weighted by atomic mass is 10.2. The maximum Gasteiger partial charge on any atom is 0.267 e. The predicted molar refractivity (Wildman–Crippen MR) is 56.5 cm³/mol. The lowest BCUT2D eigenvalue weighted by Crippen LogP contribution is -1.96. The summed E-state index contributed by atoms with van der Waals surface area (Å²) in [6.45, 7) is 1.75. The zero-order valence-electron chi connectivity index (χ0n) is 7.95. The molecule has 0 saturated heterocycles. The Morgan fingerprint density at radius 2 is 2.07 bits per heavy atom. The summed E-state index contributed by atoms with van der Waals surface area (Å²) in [6, 6.07) is 1.26. The molecule has 2 aromatic heterocycles. The number of fused-ring (bicyclic) bond motifs is 1. The normalized spacial score (nSPS) is 10.7. The van der Waals surface area contributed by atoms with Crippen LogP contribution in [-0.4, -0.2) is 9.38 Å². The molecular weight excluding hydrogens is 224 g/mol. The number of pyridine rings is 1. The number of alkyl halides is 2. The standard InChI is InChI=1S/C9H9F2N3.ClH/c1-5-3-14-4-6(12)2-7(8(10)11)9(14)13-5;/h2-4,8H,12H2,1H3;1H. The molecule has 0 aliphatic carbocycles. The van der Waals surface area contributed by atoms with E-state index in [1.54, 1.807) is 19.3 Å². The highest BCUT2D eigenvalue weighted by Gasteiger charge is 2.14. The maximum absolute atomic E-state index is 12.6. The van der Waals surface area contributed by atoms with Gasteiger partial charge in [0.25, 0.3) is 6.43 Å². The average Bonchev–Trinajstić information content (AvgIpc) is 2.42. The lowest BCUT2D eigenvalue weighted by molar-refractivity contribution is 0.152.